The zero-order valence-corrected chi connectivity index (χ0v) is 17.8. The highest BCUT2D eigenvalue weighted by Crippen LogP contribution is 2.35. The fraction of sp³-hybridized carbons (Fsp3) is 0.400. The Labute approximate surface area is 174 Å². The number of fused-ring (bicyclic) bond motifs is 2. The number of aryl methyl sites for hydroxylation is 1. The zero-order chi connectivity index (χ0) is 21.7. The van der Waals surface area contributed by atoms with Crippen molar-refractivity contribution in [1.82, 2.24) is 18.7 Å². The monoisotopic (exact) mass is 435 g/mol. The van der Waals surface area contributed by atoms with E-state index >= 15 is 0 Å². The summed E-state index contributed by atoms with van der Waals surface area (Å²) in [5, 5.41) is -3.85. The van der Waals surface area contributed by atoms with E-state index in [2.05, 4.69) is 9.97 Å². The first-order valence-electron chi connectivity index (χ1n) is 9.59. The molecule has 7 nitrogen and oxygen atoms in total. The number of nitrogens with zero attached hydrogens (tertiary/aromatic N) is 5. The van der Waals surface area contributed by atoms with Crippen LogP contribution in [0, 0.1) is 6.92 Å². The third-order valence-corrected chi connectivity index (χ3v) is 7.38. The number of imidazole rings is 1. The zero-order valence-electron chi connectivity index (χ0n) is 17.0. The summed E-state index contributed by atoms with van der Waals surface area (Å²) in [7, 11) is -4.79. The van der Waals surface area contributed by atoms with Gasteiger partial charge in [-0.1, -0.05) is 12.1 Å². The summed E-state index contributed by atoms with van der Waals surface area (Å²) in [5.74, 6) is 0.564. The molecular formula is C20H23F2N5O2S. The van der Waals surface area contributed by atoms with Gasteiger partial charge >= 0.3 is 5.25 Å². The van der Waals surface area contributed by atoms with Crippen LogP contribution < -0.4 is 4.90 Å². The van der Waals surface area contributed by atoms with Crippen molar-refractivity contribution < 1.29 is 17.2 Å². The van der Waals surface area contributed by atoms with E-state index in [0.29, 0.717) is 19.2 Å². The van der Waals surface area contributed by atoms with Crippen LogP contribution in [0.15, 0.2) is 42.9 Å². The predicted octanol–water partition coefficient (Wildman–Crippen LogP) is 3.19. The van der Waals surface area contributed by atoms with E-state index in [0.717, 1.165) is 26.8 Å². The molecule has 1 aliphatic heterocycles. The first kappa shape index (κ1) is 20.7. The van der Waals surface area contributed by atoms with Crippen molar-refractivity contribution in [3.05, 3.63) is 59.7 Å². The summed E-state index contributed by atoms with van der Waals surface area (Å²) in [5.41, 5.74) is 3.28. The lowest BCUT2D eigenvalue weighted by Crippen LogP contribution is -2.46. The Morgan fingerprint density at radius 2 is 2.00 bits per heavy atom. The molecule has 0 radical (unpaired) electrons. The molecule has 0 fully saturated rings. The third-order valence-electron chi connectivity index (χ3n) is 5.52. The molecule has 0 saturated heterocycles. The summed E-state index contributed by atoms with van der Waals surface area (Å²) >= 11 is 0. The predicted molar refractivity (Wildman–Crippen MR) is 110 cm³/mol. The number of benzene rings is 1. The minimum absolute atomic E-state index is 0.0468. The fourth-order valence-corrected chi connectivity index (χ4v) is 5.02. The molecule has 3 heterocycles. The van der Waals surface area contributed by atoms with E-state index in [1.165, 1.54) is 0 Å². The number of rotatable bonds is 4. The standard InChI is InChI=1S/C20H23F2N5O2S/c1-14-6-4-7-18-17(14)13-25(30(28,29)20(3,21)22)11-15(2)27(18)12-16-10-24-19-23-8-5-9-26(16)19/h4-10,15H,11-13H2,1-3H3/t15-/m1/s1. The van der Waals surface area contributed by atoms with Crippen molar-refractivity contribution in [2.24, 2.45) is 0 Å². The molecule has 1 atom stereocenters. The Bertz CT molecular complexity index is 1190. The molecule has 10 heteroatoms. The van der Waals surface area contributed by atoms with Gasteiger partial charge in [0.05, 0.1) is 18.4 Å². The molecule has 2 aromatic heterocycles. The second kappa shape index (κ2) is 7.28. The molecule has 0 spiro atoms. The summed E-state index contributed by atoms with van der Waals surface area (Å²) in [6, 6.07) is 7.12. The molecular weight excluding hydrogens is 412 g/mol. The molecule has 3 aromatic rings. The maximum absolute atomic E-state index is 13.9. The second-order valence-electron chi connectivity index (χ2n) is 7.69. The summed E-state index contributed by atoms with van der Waals surface area (Å²) < 4.78 is 55.8. The number of halogens is 2. The van der Waals surface area contributed by atoms with Gasteiger partial charge in [0, 0.05) is 44.1 Å². The number of hydrogen-bond acceptors (Lipinski definition) is 5. The fourth-order valence-electron chi connectivity index (χ4n) is 3.85. The molecule has 0 unspecified atom stereocenters. The van der Waals surface area contributed by atoms with Crippen LogP contribution in [-0.2, 0) is 23.1 Å². The minimum Gasteiger partial charge on any atom is -0.361 e. The van der Waals surface area contributed by atoms with Crippen molar-refractivity contribution >= 4 is 21.5 Å². The summed E-state index contributed by atoms with van der Waals surface area (Å²) in [6.45, 7) is 4.42. The minimum atomic E-state index is -4.79. The molecule has 0 N–H and O–H groups in total. The van der Waals surface area contributed by atoms with Gasteiger partial charge in [0.1, 0.15) is 0 Å². The molecule has 0 saturated carbocycles. The van der Waals surface area contributed by atoms with Crippen molar-refractivity contribution in [1.29, 1.82) is 0 Å². The lowest BCUT2D eigenvalue weighted by molar-refractivity contribution is 0.104. The topological polar surface area (TPSA) is 70.8 Å². The van der Waals surface area contributed by atoms with Crippen molar-refractivity contribution in [2.45, 2.75) is 45.2 Å². The highest BCUT2D eigenvalue weighted by molar-refractivity contribution is 7.90. The van der Waals surface area contributed by atoms with Crippen molar-refractivity contribution in [3.63, 3.8) is 0 Å². The normalized spacial score (nSPS) is 18.4. The average Bonchev–Trinajstić information content (AvgIpc) is 3.02. The van der Waals surface area contributed by atoms with Crippen LogP contribution in [0.4, 0.5) is 14.5 Å². The highest BCUT2D eigenvalue weighted by Gasteiger charge is 2.46. The van der Waals surface area contributed by atoms with Gasteiger partial charge in [-0.05, 0) is 37.1 Å². The molecule has 0 aliphatic carbocycles. The van der Waals surface area contributed by atoms with Crippen molar-refractivity contribution in [3.8, 4) is 0 Å². The van der Waals surface area contributed by atoms with Gasteiger partial charge in [0.15, 0.2) is 0 Å². The molecule has 1 aliphatic rings. The van der Waals surface area contributed by atoms with Gasteiger partial charge in [-0.3, -0.25) is 4.40 Å². The number of anilines is 1. The van der Waals surface area contributed by atoms with E-state index in [1.54, 1.807) is 18.5 Å². The van der Waals surface area contributed by atoms with E-state index in [4.69, 9.17) is 0 Å². The maximum atomic E-state index is 13.9. The first-order chi connectivity index (χ1) is 14.1. The molecule has 0 bridgehead atoms. The van der Waals surface area contributed by atoms with Gasteiger partial charge < -0.3 is 4.90 Å². The number of aromatic nitrogens is 3. The summed E-state index contributed by atoms with van der Waals surface area (Å²) in [6.07, 6.45) is 5.25. The van der Waals surface area contributed by atoms with Gasteiger partial charge in [-0.15, -0.1) is 0 Å². The highest BCUT2D eigenvalue weighted by atomic mass is 32.2. The van der Waals surface area contributed by atoms with Gasteiger partial charge in [-0.2, -0.15) is 13.1 Å². The van der Waals surface area contributed by atoms with Crippen LogP contribution in [0.1, 0.15) is 30.7 Å². The van der Waals surface area contributed by atoms with Crippen LogP contribution in [0.25, 0.3) is 5.78 Å². The SMILES string of the molecule is Cc1cccc2c1CN(S(=O)(=O)C(C)(F)F)C[C@@H](C)N2Cc1cnc2ncccn12. The van der Waals surface area contributed by atoms with E-state index in [9.17, 15) is 17.2 Å². The first-order valence-corrected chi connectivity index (χ1v) is 11.0. The van der Waals surface area contributed by atoms with Crippen LogP contribution in [0.5, 0.6) is 0 Å². The number of alkyl halides is 2. The second-order valence-corrected chi connectivity index (χ2v) is 9.88. The van der Waals surface area contributed by atoms with Crippen LogP contribution in [0.3, 0.4) is 0 Å². The van der Waals surface area contributed by atoms with Gasteiger partial charge in [-0.25, -0.2) is 18.4 Å². The smallest absolute Gasteiger partial charge is 0.356 e. The largest absolute Gasteiger partial charge is 0.361 e. The Morgan fingerprint density at radius 3 is 2.73 bits per heavy atom. The summed E-state index contributed by atoms with van der Waals surface area (Å²) in [4.78, 5) is 10.6. The molecule has 0 amide bonds. The van der Waals surface area contributed by atoms with Crippen LogP contribution >= 0.6 is 0 Å². The molecule has 160 valence electrons. The van der Waals surface area contributed by atoms with Gasteiger partial charge in [0.2, 0.25) is 5.78 Å². The molecule has 1 aromatic carbocycles. The maximum Gasteiger partial charge on any atom is 0.356 e. The van der Waals surface area contributed by atoms with E-state index in [1.807, 2.05) is 47.5 Å². The average molecular weight is 436 g/mol. The Morgan fingerprint density at radius 1 is 1.23 bits per heavy atom. The number of hydrogen-bond donors (Lipinski definition) is 0. The van der Waals surface area contributed by atoms with Gasteiger partial charge in [0.25, 0.3) is 10.0 Å². The van der Waals surface area contributed by atoms with Crippen molar-refractivity contribution in [2.75, 3.05) is 11.4 Å². The van der Waals surface area contributed by atoms with E-state index in [-0.39, 0.29) is 19.1 Å². The third kappa shape index (κ3) is 3.43. The lowest BCUT2D eigenvalue weighted by atomic mass is 10.1. The Balaban J connectivity index is 1.79. The number of sulfonamides is 1. The van der Waals surface area contributed by atoms with Crippen LogP contribution in [0.2, 0.25) is 0 Å². The van der Waals surface area contributed by atoms with E-state index < -0.39 is 15.3 Å². The molecule has 4 rings (SSSR count). The van der Waals surface area contributed by atoms with Crippen LogP contribution in [-0.4, -0.2) is 44.9 Å². The molecule has 30 heavy (non-hydrogen) atoms. The Hall–Kier alpha value is -2.59. The quantitative estimate of drug-likeness (QED) is 0.630. The Kier molecular flexibility index (Phi) is 5.01. The lowest BCUT2D eigenvalue weighted by Gasteiger charge is -2.32.